The van der Waals surface area contributed by atoms with Crippen LogP contribution in [-0.2, 0) is 0 Å². The Labute approximate surface area is 144 Å². The van der Waals surface area contributed by atoms with E-state index in [4.69, 9.17) is 23.2 Å². The van der Waals surface area contributed by atoms with Crippen molar-refractivity contribution in [2.75, 3.05) is 10.6 Å². The zero-order valence-electron chi connectivity index (χ0n) is 12.3. The molecule has 0 radical (unpaired) electrons. The molecule has 0 aliphatic heterocycles. The van der Waals surface area contributed by atoms with E-state index in [1.54, 1.807) is 0 Å². The molecule has 4 nitrogen and oxygen atoms in total. The van der Waals surface area contributed by atoms with Gasteiger partial charge in [-0.2, -0.15) is 4.98 Å². The third kappa shape index (κ3) is 4.34. The van der Waals surface area contributed by atoms with E-state index < -0.39 is 0 Å². The fourth-order valence-corrected chi connectivity index (χ4v) is 2.48. The number of anilines is 4. The van der Waals surface area contributed by atoms with Gasteiger partial charge in [0.15, 0.2) is 0 Å². The lowest BCUT2D eigenvalue weighted by Gasteiger charge is -2.10. The van der Waals surface area contributed by atoms with E-state index in [9.17, 15) is 0 Å². The van der Waals surface area contributed by atoms with Gasteiger partial charge in [0.05, 0.1) is 0 Å². The van der Waals surface area contributed by atoms with Gasteiger partial charge in [0, 0.05) is 33.2 Å². The molecule has 0 fully saturated rings. The number of nitrogens with one attached hydrogen (secondary N) is 2. The van der Waals surface area contributed by atoms with Gasteiger partial charge in [0.2, 0.25) is 5.95 Å². The highest BCUT2D eigenvalue weighted by molar-refractivity contribution is 6.31. The van der Waals surface area contributed by atoms with Crippen LogP contribution in [0.4, 0.5) is 23.1 Å². The standard InChI is InChI=1S/C17H14Cl2N4/c1-11-8-16(21-14-6-2-4-12(18)9-14)23-17(20-11)22-15-7-3-5-13(19)10-15/h2-10H,1H3,(H2,20,21,22,23). The first-order valence-electron chi connectivity index (χ1n) is 6.99. The molecule has 0 spiro atoms. The van der Waals surface area contributed by atoms with Crippen molar-refractivity contribution in [2.24, 2.45) is 0 Å². The summed E-state index contributed by atoms with van der Waals surface area (Å²) in [6, 6.07) is 16.7. The van der Waals surface area contributed by atoms with Gasteiger partial charge in [0.25, 0.3) is 0 Å². The molecule has 3 aromatic rings. The van der Waals surface area contributed by atoms with Crippen molar-refractivity contribution in [2.45, 2.75) is 6.92 Å². The molecule has 0 saturated carbocycles. The van der Waals surface area contributed by atoms with Crippen LogP contribution in [0.3, 0.4) is 0 Å². The van der Waals surface area contributed by atoms with E-state index in [1.807, 2.05) is 61.5 Å². The molecule has 1 aromatic heterocycles. The predicted molar refractivity (Wildman–Crippen MR) is 96.2 cm³/mol. The van der Waals surface area contributed by atoms with E-state index in [1.165, 1.54) is 0 Å². The lowest BCUT2D eigenvalue weighted by Crippen LogP contribution is -2.02. The quantitative estimate of drug-likeness (QED) is 0.648. The Morgan fingerprint density at radius 3 is 2.00 bits per heavy atom. The number of nitrogens with zero attached hydrogens (tertiary/aromatic N) is 2. The largest absolute Gasteiger partial charge is 0.340 e. The summed E-state index contributed by atoms with van der Waals surface area (Å²) in [5.41, 5.74) is 2.54. The minimum atomic E-state index is 0.497. The summed E-state index contributed by atoms with van der Waals surface area (Å²) >= 11 is 12.0. The van der Waals surface area contributed by atoms with Gasteiger partial charge in [-0.05, 0) is 43.3 Å². The number of halogens is 2. The highest BCUT2D eigenvalue weighted by Gasteiger charge is 2.04. The van der Waals surface area contributed by atoms with Crippen LogP contribution >= 0.6 is 23.2 Å². The summed E-state index contributed by atoms with van der Waals surface area (Å²) in [7, 11) is 0. The Kier molecular flexibility index (Phi) is 4.65. The van der Waals surface area contributed by atoms with E-state index >= 15 is 0 Å². The summed E-state index contributed by atoms with van der Waals surface area (Å²) in [5.74, 6) is 1.18. The average molecular weight is 345 g/mol. The van der Waals surface area contributed by atoms with Crippen LogP contribution < -0.4 is 10.6 Å². The number of rotatable bonds is 4. The van der Waals surface area contributed by atoms with E-state index in [2.05, 4.69) is 20.6 Å². The molecule has 116 valence electrons. The Balaban J connectivity index is 1.84. The van der Waals surface area contributed by atoms with Gasteiger partial charge in [-0.3, -0.25) is 0 Å². The lowest BCUT2D eigenvalue weighted by atomic mass is 10.3. The number of aromatic nitrogens is 2. The topological polar surface area (TPSA) is 49.8 Å². The normalized spacial score (nSPS) is 10.4. The van der Waals surface area contributed by atoms with Crippen molar-refractivity contribution >= 4 is 46.3 Å². The average Bonchev–Trinajstić information content (AvgIpc) is 2.46. The predicted octanol–water partition coefficient (Wildman–Crippen LogP) is 5.58. The van der Waals surface area contributed by atoms with Crippen molar-refractivity contribution in [1.82, 2.24) is 9.97 Å². The second-order valence-electron chi connectivity index (χ2n) is 4.99. The Morgan fingerprint density at radius 2 is 1.39 bits per heavy atom. The number of hydrogen-bond donors (Lipinski definition) is 2. The number of aryl methyl sites for hydroxylation is 1. The lowest BCUT2D eigenvalue weighted by molar-refractivity contribution is 1.11. The molecule has 0 saturated heterocycles. The molecular formula is C17H14Cl2N4. The molecule has 0 atom stereocenters. The summed E-state index contributed by atoms with van der Waals surface area (Å²) < 4.78 is 0. The molecule has 3 rings (SSSR count). The molecule has 0 bridgehead atoms. The van der Waals surface area contributed by atoms with Gasteiger partial charge in [-0.25, -0.2) is 4.98 Å². The monoisotopic (exact) mass is 344 g/mol. The molecule has 0 unspecified atom stereocenters. The molecule has 6 heteroatoms. The summed E-state index contributed by atoms with van der Waals surface area (Å²) in [4.78, 5) is 8.85. The molecule has 1 heterocycles. The van der Waals surface area contributed by atoms with E-state index in [0.29, 0.717) is 21.8 Å². The third-order valence-electron chi connectivity index (χ3n) is 3.03. The molecule has 0 aliphatic rings. The summed E-state index contributed by atoms with van der Waals surface area (Å²) in [6.07, 6.45) is 0. The van der Waals surface area contributed by atoms with Crippen molar-refractivity contribution in [1.29, 1.82) is 0 Å². The molecule has 0 amide bonds. The number of hydrogen-bond acceptors (Lipinski definition) is 4. The summed E-state index contributed by atoms with van der Waals surface area (Å²) in [5, 5.41) is 7.69. The first-order valence-corrected chi connectivity index (χ1v) is 7.75. The Bertz CT molecular complexity index is 771. The SMILES string of the molecule is Cc1cc(Nc2cccc(Cl)c2)nc(Nc2cccc(Cl)c2)n1. The van der Waals surface area contributed by atoms with Crippen LogP contribution in [-0.4, -0.2) is 9.97 Å². The van der Waals surface area contributed by atoms with Gasteiger partial charge in [-0.1, -0.05) is 35.3 Å². The minimum absolute atomic E-state index is 0.497. The molecular weight excluding hydrogens is 331 g/mol. The van der Waals surface area contributed by atoms with Gasteiger partial charge >= 0.3 is 0 Å². The van der Waals surface area contributed by atoms with Crippen molar-refractivity contribution < 1.29 is 0 Å². The Hall–Kier alpha value is -2.30. The van der Waals surface area contributed by atoms with Crippen molar-refractivity contribution in [3.63, 3.8) is 0 Å². The first kappa shape index (κ1) is 15.6. The fourth-order valence-electron chi connectivity index (χ4n) is 2.10. The zero-order valence-corrected chi connectivity index (χ0v) is 13.9. The second-order valence-corrected chi connectivity index (χ2v) is 5.86. The zero-order chi connectivity index (χ0) is 16.2. The van der Waals surface area contributed by atoms with Crippen LogP contribution in [0.2, 0.25) is 10.0 Å². The second kappa shape index (κ2) is 6.86. The highest BCUT2D eigenvalue weighted by atomic mass is 35.5. The Morgan fingerprint density at radius 1 is 0.783 bits per heavy atom. The highest BCUT2D eigenvalue weighted by Crippen LogP contribution is 2.22. The van der Waals surface area contributed by atoms with Crippen LogP contribution in [0.1, 0.15) is 5.69 Å². The fraction of sp³-hybridized carbons (Fsp3) is 0.0588. The van der Waals surface area contributed by atoms with Gasteiger partial charge in [0.1, 0.15) is 5.82 Å². The molecule has 2 aromatic carbocycles. The first-order chi connectivity index (χ1) is 11.1. The van der Waals surface area contributed by atoms with Crippen molar-refractivity contribution in [3.8, 4) is 0 Å². The van der Waals surface area contributed by atoms with Crippen LogP contribution in [0.5, 0.6) is 0 Å². The molecule has 2 N–H and O–H groups in total. The van der Waals surface area contributed by atoms with E-state index in [-0.39, 0.29) is 0 Å². The summed E-state index contributed by atoms with van der Waals surface area (Å²) in [6.45, 7) is 1.91. The maximum Gasteiger partial charge on any atom is 0.229 e. The van der Waals surface area contributed by atoms with Gasteiger partial charge < -0.3 is 10.6 Å². The molecule has 0 aliphatic carbocycles. The smallest absolute Gasteiger partial charge is 0.229 e. The van der Waals surface area contributed by atoms with Crippen LogP contribution in [0, 0.1) is 6.92 Å². The maximum atomic E-state index is 6.00. The van der Waals surface area contributed by atoms with Crippen LogP contribution in [0.25, 0.3) is 0 Å². The molecule has 23 heavy (non-hydrogen) atoms. The number of benzene rings is 2. The minimum Gasteiger partial charge on any atom is -0.340 e. The maximum absolute atomic E-state index is 6.00. The van der Waals surface area contributed by atoms with E-state index in [0.717, 1.165) is 17.1 Å². The third-order valence-corrected chi connectivity index (χ3v) is 3.50. The van der Waals surface area contributed by atoms with Crippen molar-refractivity contribution in [3.05, 3.63) is 70.3 Å². The van der Waals surface area contributed by atoms with Gasteiger partial charge in [-0.15, -0.1) is 0 Å². The van der Waals surface area contributed by atoms with Crippen LogP contribution in [0.15, 0.2) is 54.6 Å².